The predicted molar refractivity (Wildman–Crippen MR) is 60.9 cm³/mol. The highest BCUT2D eigenvalue weighted by atomic mass is 19.3. The van der Waals surface area contributed by atoms with E-state index in [1.807, 2.05) is 5.32 Å². The monoisotopic (exact) mass is 300 g/mol. The molecule has 5 nitrogen and oxygen atoms in total. The van der Waals surface area contributed by atoms with Crippen LogP contribution >= 0.6 is 0 Å². The Labute approximate surface area is 112 Å². The van der Waals surface area contributed by atoms with Gasteiger partial charge in [-0.05, 0) is 5.92 Å². The van der Waals surface area contributed by atoms with Gasteiger partial charge in [-0.25, -0.2) is 4.79 Å². The molecule has 0 aliphatic carbocycles. The number of likely N-dealkylation sites (tertiary alicyclic amines) is 1. The molecule has 116 valence electrons. The minimum Gasteiger partial charge on any atom is -0.465 e. The smallest absolute Gasteiger partial charge is 0.405 e. The second-order valence-electron chi connectivity index (χ2n) is 4.92. The number of nitrogens with one attached hydrogen (secondary N) is 1. The molecule has 0 spiro atoms. The van der Waals surface area contributed by atoms with Gasteiger partial charge in [-0.3, -0.25) is 4.79 Å². The molecule has 2 atom stereocenters. The average molecular weight is 300 g/mol. The van der Waals surface area contributed by atoms with Crippen LogP contribution in [0.2, 0.25) is 0 Å². The van der Waals surface area contributed by atoms with Crippen molar-refractivity contribution in [2.75, 3.05) is 13.1 Å². The largest absolute Gasteiger partial charge is 0.465 e. The first-order valence-electron chi connectivity index (χ1n) is 6.05. The molecule has 1 aliphatic heterocycles. The number of halogens is 4. The first-order valence-corrected chi connectivity index (χ1v) is 6.05. The predicted octanol–water partition coefficient (Wildman–Crippen LogP) is 1.78. The van der Waals surface area contributed by atoms with Crippen molar-refractivity contribution in [3.05, 3.63) is 0 Å². The van der Waals surface area contributed by atoms with Crippen LogP contribution in [0.15, 0.2) is 0 Å². The number of rotatable bonds is 4. The summed E-state index contributed by atoms with van der Waals surface area (Å²) in [7, 11) is 0. The van der Waals surface area contributed by atoms with Crippen LogP contribution in [0.25, 0.3) is 0 Å². The normalized spacial score (nSPS) is 23.2. The van der Waals surface area contributed by atoms with E-state index >= 15 is 0 Å². The number of alkyl halides is 4. The second kappa shape index (κ2) is 5.45. The lowest BCUT2D eigenvalue weighted by molar-refractivity contribution is -0.172. The highest BCUT2D eigenvalue weighted by molar-refractivity contribution is 5.86. The Bertz CT molecular complexity index is 387. The summed E-state index contributed by atoms with van der Waals surface area (Å²) < 4.78 is 52.2. The molecule has 0 bridgehead atoms. The number of hydrogen-bond donors (Lipinski definition) is 2. The van der Waals surface area contributed by atoms with Gasteiger partial charge in [-0.15, -0.1) is 0 Å². The van der Waals surface area contributed by atoms with Crippen LogP contribution in [0.1, 0.15) is 20.3 Å². The molecule has 1 heterocycles. The molecule has 9 heteroatoms. The summed E-state index contributed by atoms with van der Waals surface area (Å²) in [5, 5.41) is 10.5. The van der Waals surface area contributed by atoms with Gasteiger partial charge in [0.1, 0.15) is 6.04 Å². The van der Waals surface area contributed by atoms with E-state index in [9.17, 15) is 27.2 Å². The van der Waals surface area contributed by atoms with Gasteiger partial charge in [-0.1, -0.05) is 20.3 Å². The fourth-order valence-corrected chi connectivity index (χ4v) is 1.94. The van der Waals surface area contributed by atoms with Gasteiger partial charge in [0.15, 0.2) is 0 Å². The number of carbonyl (C=O) groups is 2. The Morgan fingerprint density at radius 2 is 1.70 bits per heavy atom. The van der Waals surface area contributed by atoms with Crippen molar-refractivity contribution >= 4 is 12.0 Å². The van der Waals surface area contributed by atoms with E-state index in [2.05, 4.69) is 0 Å². The summed E-state index contributed by atoms with van der Waals surface area (Å²) in [5.41, 5.74) is 0. The van der Waals surface area contributed by atoms with Crippen LogP contribution in [0.5, 0.6) is 0 Å². The van der Waals surface area contributed by atoms with Gasteiger partial charge >= 0.3 is 17.9 Å². The second-order valence-corrected chi connectivity index (χ2v) is 4.92. The third kappa shape index (κ3) is 3.13. The van der Waals surface area contributed by atoms with Crippen molar-refractivity contribution in [2.24, 2.45) is 5.92 Å². The summed E-state index contributed by atoms with van der Waals surface area (Å²) >= 11 is 0. The highest BCUT2D eigenvalue weighted by Crippen LogP contribution is 2.41. The average Bonchev–Trinajstić information content (AvgIpc) is 2.53. The summed E-state index contributed by atoms with van der Waals surface area (Å²) in [6.45, 7) is 0.382. The molecule has 2 N–H and O–H groups in total. The molecule has 1 saturated heterocycles. The molecule has 1 fully saturated rings. The summed E-state index contributed by atoms with van der Waals surface area (Å²) in [5.74, 6) is -10.2. The molecule has 1 aliphatic rings. The SMILES string of the molecule is CC[C@@H](C)[C@H](NC(=O)O)C(=O)N1CC(F)(F)C(F)(F)C1. The third-order valence-corrected chi connectivity index (χ3v) is 3.38. The summed E-state index contributed by atoms with van der Waals surface area (Å²) in [6.07, 6.45) is -1.13. The maximum absolute atomic E-state index is 13.1. The Kier molecular flexibility index (Phi) is 4.50. The Morgan fingerprint density at radius 1 is 1.25 bits per heavy atom. The molecule has 20 heavy (non-hydrogen) atoms. The fourth-order valence-electron chi connectivity index (χ4n) is 1.94. The lowest BCUT2D eigenvalue weighted by Crippen LogP contribution is -2.51. The number of amides is 2. The first-order chi connectivity index (χ1) is 9.01. The lowest BCUT2D eigenvalue weighted by Gasteiger charge is -2.26. The minimum atomic E-state index is -4.30. The van der Waals surface area contributed by atoms with Crippen molar-refractivity contribution < 1.29 is 32.3 Å². The minimum absolute atomic E-state index is 0.312. The van der Waals surface area contributed by atoms with Crippen LogP contribution in [0.4, 0.5) is 22.4 Å². The van der Waals surface area contributed by atoms with Crippen LogP contribution in [0.3, 0.4) is 0 Å². The first kappa shape index (κ1) is 16.5. The molecule has 0 aromatic carbocycles. The number of carbonyl (C=O) groups excluding carboxylic acids is 1. The van der Waals surface area contributed by atoms with Crippen LogP contribution in [-0.2, 0) is 4.79 Å². The Balaban J connectivity index is 2.89. The van der Waals surface area contributed by atoms with E-state index < -0.39 is 48.9 Å². The van der Waals surface area contributed by atoms with Crippen molar-refractivity contribution in [3.63, 3.8) is 0 Å². The van der Waals surface area contributed by atoms with Gasteiger partial charge in [0, 0.05) is 0 Å². The molecule has 1 rings (SSSR count). The molecule has 0 unspecified atom stereocenters. The third-order valence-electron chi connectivity index (χ3n) is 3.38. The number of carboxylic acid groups (broad SMARTS) is 1. The molecule has 0 aromatic heterocycles. The topological polar surface area (TPSA) is 69.6 Å². The lowest BCUT2D eigenvalue weighted by atomic mass is 9.98. The zero-order chi connectivity index (χ0) is 15.7. The van der Waals surface area contributed by atoms with Gasteiger partial charge in [-0.2, -0.15) is 17.6 Å². The zero-order valence-electron chi connectivity index (χ0n) is 11.0. The summed E-state index contributed by atoms with van der Waals surface area (Å²) in [4.78, 5) is 22.9. The maximum Gasteiger partial charge on any atom is 0.405 e. The van der Waals surface area contributed by atoms with Gasteiger partial charge in [0.25, 0.3) is 0 Å². The van der Waals surface area contributed by atoms with Crippen LogP contribution < -0.4 is 5.32 Å². The number of nitrogens with zero attached hydrogens (tertiary/aromatic N) is 1. The van der Waals surface area contributed by atoms with Crippen molar-refractivity contribution in [2.45, 2.75) is 38.2 Å². The zero-order valence-corrected chi connectivity index (χ0v) is 11.0. The van der Waals surface area contributed by atoms with E-state index in [1.165, 1.54) is 6.92 Å². The van der Waals surface area contributed by atoms with Crippen LogP contribution in [0, 0.1) is 5.92 Å². The highest BCUT2D eigenvalue weighted by Gasteiger charge is 2.64. The summed E-state index contributed by atoms with van der Waals surface area (Å²) in [6, 6.07) is -1.32. The van der Waals surface area contributed by atoms with E-state index in [1.54, 1.807) is 6.92 Å². The van der Waals surface area contributed by atoms with Gasteiger partial charge in [0.2, 0.25) is 5.91 Å². The molecule has 2 amide bonds. The van der Waals surface area contributed by atoms with E-state index in [-0.39, 0.29) is 0 Å². The Hall–Kier alpha value is -1.54. The van der Waals surface area contributed by atoms with Gasteiger partial charge in [0.05, 0.1) is 13.1 Å². The standard InChI is InChI=1S/C11H16F4N2O3/c1-3-6(2)7(16-9(19)20)8(18)17-4-10(12,13)11(14,15)5-17/h6-7,16H,3-5H2,1-2H3,(H,19,20)/t6-,7+/m1/s1. The molecule has 0 saturated carbocycles. The molecule has 0 aromatic rings. The van der Waals surface area contributed by atoms with Crippen molar-refractivity contribution in [1.82, 2.24) is 10.2 Å². The van der Waals surface area contributed by atoms with Gasteiger partial charge < -0.3 is 15.3 Å². The molecular weight excluding hydrogens is 284 g/mol. The van der Waals surface area contributed by atoms with Crippen molar-refractivity contribution in [1.29, 1.82) is 0 Å². The van der Waals surface area contributed by atoms with E-state index in [0.29, 0.717) is 11.3 Å². The van der Waals surface area contributed by atoms with Crippen molar-refractivity contribution in [3.8, 4) is 0 Å². The quantitative estimate of drug-likeness (QED) is 0.778. The fraction of sp³-hybridized carbons (Fsp3) is 0.818. The maximum atomic E-state index is 13.1. The Morgan fingerprint density at radius 3 is 2.05 bits per heavy atom. The number of hydrogen-bond acceptors (Lipinski definition) is 2. The molecular formula is C11H16F4N2O3. The van der Waals surface area contributed by atoms with E-state index in [4.69, 9.17) is 5.11 Å². The van der Waals surface area contributed by atoms with E-state index in [0.717, 1.165) is 0 Å². The van der Waals surface area contributed by atoms with Crippen LogP contribution in [-0.4, -0.2) is 53.0 Å². The molecule has 0 radical (unpaired) electrons.